The van der Waals surface area contributed by atoms with Crippen LogP contribution in [0.3, 0.4) is 0 Å². The van der Waals surface area contributed by atoms with E-state index in [1.54, 1.807) is 0 Å². The summed E-state index contributed by atoms with van der Waals surface area (Å²) in [5.74, 6) is -0.329. The molecule has 2 aromatic rings. The number of piperidine rings is 1. The first-order valence-electron chi connectivity index (χ1n) is 10.1. The number of benzene rings is 2. The number of hydrogen-bond donors (Lipinski definition) is 2. The zero-order valence-corrected chi connectivity index (χ0v) is 16.7. The maximum atomic E-state index is 12.3. The van der Waals surface area contributed by atoms with Crippen LogP contribution in [-0.4, -0.2) is 24.9 Å². The Labute approximate surface area is 167 Å². The second kappa shape index (κ2) is 9.40. The molecule has 2 amide bonds. The highest BCUT2D eigenvalue weighted by Crippen LogP contribution is 2.24. The van der Waals surface area contributed by atoms with E-state index >= 15 is 0 Å². The summed E-state index contributed by atoms with van der Waals surface area (Å²) in [6.07, 6.45) is 3.55. The topological polar surface area (TPSA) is 61.4 Å². The minimum atomic E-state index is -0.315. The molecule has 0 aliphatic carbocycles. The van der Waals surface area contributed by atoms with Crippen molar-refractivity contribution >= 4 is 28.9 Å². The monoisotopic (exact) mass is 379 g/mol. The Hall–Kier alpha value is -2.82. The number of nitrogens with one attached hydrogen (secondary N) is 2. The van der Waals surface area contributed by atoms with Crippen molar-refractivity contribution in [2.24, 2.45) is 0 Å². The SMILES string of the molecule is CC(C)c1ccccc1NC(=O)CC(=O)Nc1ccc(N2CCCCC2)cc1. The standard InChI is InChI=1S/C23H29N3O2/c1-17(2)20-8-4-5-9-21(20)25-23(28)16-22(27)24-18-10-12-19(13-11-18)26-14-6-3-7-15-26/h4-5,8-13,17H,3,6-7,14-16H2,1-2H3,(H,24,27)(H,25,28). The van der Waals surface area contributed by atoms with Gasteiger partial charge in [-0.3, -0.25) is 9.59 Å². The van der Waals surface area contributed by atoms with Gasteiger partial charge >= 0.3 is 0 Å². The molecule has 1 fully saturated rings. The minimum absolute atomic E-state index is 0.208. The maximum absolute atomic E-state index is 12.3. The van der Waals surface area contributed by atoms with Gasteiger partial charge in [0.25, 0.3) is 0 Å². The summed E-state index contributed by atoms with van der Waals surface area (Å²) < 4.78 is 0. The fourth-order valence-corrected chi connectivity index (χ4v) is 3.57. The lowest BCUT2D eigenvalue weighted by molar-refractivity contribution is -0.123. The fraction of sp³-hybridized carbons (Fsp3) is 0.391. The Bertz CT molecular complexity index is 809. The molecule has 3 rings (SSSR count). The van der Waals surface area contributed by atoms with Crippen LogP contribution in [0.15, 0.2) is 48.5 Å². The third-order valence-corrected chi connectivity index (χ3v) is 5.05. The second-order valence-electron chi connectivity index (χ2n) is 7.61. The Balaban J connectivity index is 1.53. The number of amides is 2. The normalized spacial score (nSPS) is 14.0. The highest BCUT2D eigenvalue weighted by Gasteiger charge is 2.14. The van der Waals surface area contributed by atoms with Gasteiger partial charge in [0.1, 0.15) is 6.42 Å². The first kappa shape index (κ1) is 19.9. The van der Waals surface area contributed by atoms with E-state index in [-0.39, 0.29) is 18.2 Å². The van der Waals surface area contributed by atoms with Gasteiger partial charge in [-0.1, -0.05) is 32.0 Å². The molecule has 1 aliphatic heterocycles. The molecular formula is C23H29N3O2. The Kier molecular flexibility index (Phi) is 6.69. The lowest BCUT2D eigenvalue weighted by atomic mass is 10.0. The molecule has 28 heavy (non-hydrogen) atoms. The van der Waals surface area contributed by atoms with Crippen molar-refractivity contribution in [3.8, 4) is 0 Å². The summed E-state index contributed by atoms with van der Waals surface area (Å²) in [5, 5.41) is 5.66. The van der Waals surface area contributed by atoms with Crippen LogP contribution in [-0.2, 0) is 9.59 Å². The molecule has 0 spiro atoms. The van der Waals surface area contributed by atoms with E-state index in [2.05, 4.69) is 29.4 Å². The van der Waals surface area contributed by atoms with Crippen molar-refractivity contribution in [3.63, 3.8) is 0 Å². The predicted molar refractivity (Wildman–Crippen MR) is 115 cm³/mol. The molecule has 0 saturated carbocycles. The summed E-state index contributed by atoms with van der Waals surface area (Å²) in [7, 11) is 0. The van der Waals surface area contributed by atoms with Crippen LogP contribution in [0, 0.1) is 0 Å². The summed E-state index contributed by atoms with van der Waals surface area (Å²) >= 11 is 0. The first-order valence-corrected chi connectivity index (χ1v) is 10.1. The molecule has 0 unspecified atom stereocenters. The van der Waals surface area contributed by atoms with Crippen molar-refractivity contribution < 1.29 is 9.59 Å². The molecule has 1 aliphatic rings. The van der Waals surface area contributed by atoms with Crippen molar-refractivity contribution in [1.29, 1.82) is 0 Å². The lowest BCUT2D eigenvalue weighted by Crippen LogP contribution is -2.29. The van der Waals surface area contributed by atoms with Gasteiger partial charge in [0.15, 0.2) is 0 Å². The molecule has 0 bridgehead atoms. The smallest absolute Gasteiger partial charge is 0.233 e. The highest BCUT2D eigenvalue weighted by molar-refractivity contribution is 6.08. The number of para-hydroxylation sites is 1. The number of nitrogens with zero attached hydrogens (tertiary/aromatic N) is 1. The molecule has 5 nitrogen and oxygen atoms in total. The van der Waals surface area contributed by atoms with Crippen molar-refractivity contribution in [1.82, 2.24) is 0 Å². The van der Waals surface area contributed by atoms with Crippen LogP contribution in [0.5, 0.6) is 0 Å². The van der Waals surface area contributed by atoms with Crippen LogP contribution in [0.2, 0.25) is 0 Å². The number of carbonyl (C=O) groups excluding carboxylic acids is 2. The lowest BCUT2D eigenvalue weighted by Gasteiger charge is -2.28. The molecule has 2 N–H and O–H groups in total. The molecule has 0 atom stereocenters. The van der Waals surface area contributed by atoms with Crippen LogP contribution in [0.4, 0.5) is 17.1 Å². The van der Waals surface area contributed by atoms with Gasteiger partial charge in [0.2, 0.25) is 11.8 Å². The first-order chi connectivity index (χ1) is 13.5. The zero-order chi connectivity index (χ0) is 19.9. The van der Waals surface area contributed by atoms with Gasteiger partial charge in [-0.25, -0.2) is 0 Å². The van der Waals surface area contributed by atoms with Gasteiger partial charge in [-0.2, -0.15) is 0 Å². The molecule has 2 aromatic carbocycles. The zero-order valence-electron chi connectivity index (χ0n) is 16.7. The summed E-state index contributed by atoms with van der Waals surface area (Å²) in [6.45, 7) is 6.32. The summed E-state index contributed by atoms with van der Waals surface area (Å²) in [6, 6.07) is 15.5. The predicted octanol–water partition coefficient (Wildman–Crippen LogP) is 4.77. The van der Waals surface area contributed by atoms with E-state index in [0.29, 0.717) is 11.6 Å². The quantitative estimate of drug-likeness (QED) is 0.711. The van der Waals surface area contributed by atoms with Gasteiger partial charge < -0.3 is 15.5 Å². The molecule has 1 saturated heterocycles. The van der Waals surface area contributed by atoms with E-state index in [9.17, 15) is 9.59 Å². The summed E-state index contributed by atoms with van der Waals surface area (Å²) in [4.78, 5) is 26.9. The summed E-state index contributed by atoms with van der Waals surface area (Å²) in [5.41, 5.74) is 3.72. The van der Waals surface area contributed by atoms with E-state index in [1.165, 1.54) is 24.9 Å². The van der Waals surface area contributed by atoms with Gasteiger partial charge in [0, 0.05) is 30.2 Å². The van der Waals surface area contributed by atoms with Crippen molar-refractivity contribution in [2.75, 3.05) is 28.6 Å². The number of hydrogen-bond acceptors (Lipinski definition) is 3. The van der Waals surface area contributed by atoms with Crippen LogP contribution >= 0.6 is 0 Å². The van der Waals surface area contributed by atoms with Crippen LogP contribution in [0.1, 0.15) is 51.0 Å². The highest BCUT2D eigenvalue weighted by atomic mass is 16.2. The van der Waals surface area contributed by atoms with Gasteiger partial charge in [-0.15, -0.1) is 0 Å². The molecular weight excluding hydrogens is 350 g/mol. The largest absolute Gasteiger partial charge is 0.372 e. The number of carbonyl (C=O) groups is 2. The third-order valence-electron chi connectivity index (χ3n) is 5.05. The second-order valence-corrected chi connectivity index (χ2v) is 7.61. The fourth-order valence-electron chi connectivity index (χ4n) is 3.57. The van der Waals surface area contributed by atoms with E-state index < -0.39 is 0 Å². The average molecular weight is 380 g/mol. The number of rotatable bonds is 6. The van der Waals surface area contributed by atoms with Crippen molar-refractivity contribution in [3.05, 3.63) is 54.1 Å². The van der Waals surface area contributed by atoms with Crippen molar-refractivity contribution in [2.45, 2.75) is 45.4 Å². The van der Waals surface area contributed by atoms with E-state index in [4.69, 9.17) is 0 Å². The van der Waals surface area contributed by atoms with Gasteiger partial charge in [0.05, 0.1) is 0 Å². The minimum Gasteiger partial charge on any atom is -0.372 e. The molecule has 148 valence electrons. The Morgan fingerprint density at radius 1 is 0.893 bits per heavy atom. The Morgan fingerprint density at radius 3 is 2.21 bits per heavy atom. The average Bonchev–Trinajstić information content (AvgIpc) is 2.69. The van der Waals surface area contributed by atoms with Crippen LogP contribution in [0.25, 0.3) is 0 Å². The van der Waals surface area contributed by atoms with Gasteiger partial charge in [-0.05, 0) is 61.1 Å². The molecule has 0 radical (unpaired) electrons. The van der Waals surface area contributed by atoms with E-state index in [1.807, 2.05) is 48.5 Å². The molecule has 1 heterocycles. The maximum Gasteiger partial charge on any atom is 0.233 e. The third kappa shape index (κ3) is 5.35. The molecule has 5 heteroatoms. The van der Waals surface area contributed by atoms with E-state index in [0.717, 1.165) is 24.3 Å². The van der Waals surface area contributed by atoms with Crippen LogP contribution < -0.4 is 15.5 Å². The number of anilines is 3. The molecule has 0 aromatic heterocycles. The Morgan fingerprint density at radius 2 is 1.54 bits per heavy atom.